The molecule has 0 radical (unpaired) electrons. The molecule has 108 valence electrons. The van der Waals surface area contributed by atoms with E-state index >= 15 is 0 Å². The average molecular weight is 272 g/mol. The third kappa shape index (κ3) is 2.80. The van der Waals surface area contributed by atoms with Crippen molar-refractivity contribution in [2.24, 2.45) is 5.92 Å². The van der Waals surface area contributed by atoms with Crippen LogP contribution in [0.5, 0.6) is 0 Å². The first-order valence-electron chi connectivity index (χ1n) is 7.80. The molecular weight excluding hydrogens is 248 g/mol. The number of aryl methyl sites for hydroxylation is 2. The second kappa shape index (κ2) is 5.33. The zero-order chi connectivity index (χ0) is 14.2. The van der Waals surface area contributed by atoms with Gasteiger partial charge in [0.2, 0.25) is 0 Å². The van der Waals surface area contributed by atoms with Gasteiger partial charge in [-0.05, 0) is 51.5 Å². The lowest BCUT2D eigenvalue weighted by molar-refractivity contribution is -0.155. The summed E-state index contributed by atoms with van der Waals surface area (Å²) in [4.78, 5) is 12.6. The molecule has 20 heavy (non-hydrogen) atoms. The number of carbonyl (C=O) groups is 1. The van der Waals surface area contributed by atoms with Gasteiger partial charge in [-0.2, -0.15) is 0 Å². The first-order valence-corrected chi connectivity index (χ1v) is 7.80. The van der Waals surface area contributed by atoms with Crippen molar-refractivity contribution in [3.63, 3.8) is 0 Å². The summed E-state index contributed by atoms with van der Waals surface area (Å²) in [6.45, 7) is 4.96. The van der Waals surface area contributed by atoms with Crippen molar-refractivity contribution in [2.45, 2.75) is 58.0 Å². The summed E-state index contributed by atoms with van der Waals surface area (Å²) in [6, 6.07) is 6.44. The lowest BCUT2D eigenvalue weighted by Crippen LogP contribution is -2.47. The van der Waals surface area contributed by atoms with Gasteiger partial charge in [0.25, 0.3) is 0 Å². The van der Waals surface area contributed by atoms with Crippen LogP contribution in [0.3, 0.4) is 0 Å². The molecule has 1 spiro atoms. The van der Waals surface area contributed by atoms with Crippen LogP contribution in [0, 0.1) is 19.8 Å². The lowest BCUT2D eigenvalue weighted by Gasteiger charge is -2.46. The summed E-state index contributed by atoms with van der Waals surface area (Å²) in [5.41, 5.74) is 3.73. The van der Waals surface area contributed by atoms with Gasteiger partial charge in [-0.15, -0.1) is 0 Å². The van der Waals surface area contributed by atoms with Gasteiger partial charge >= 0.3 is 0 Å². The maximum absolute atomic E-state index is 12.6. The molecule has 0 N–H and O–H groups in total. The molecule has 1 aromatic rings. The van der Waals surface area contributed by atoms with Crippen molar-refractivity contribution in [3.8, 4) is 0 Å². The van der Waals surface area contributed by atoms with Crippen LogP contribution in [0.15, 0.2) is 18.2 Å². The summed E-state index contributed by atoms with van der Waals surface area (Å²) in [5, 5.41) is 0. The summed E-state index contributed by atoms with van der Waals surface area (Å²) < 4.78 is 5.92. The van der Waals surface area contributed by atoms with Crippen LogP contribution in [0.4, 0.5) is 0 Å². The van der Waals surface area contributed by atoms with E-state index in [0.717, 1.165) is 32.3 Å². The van der Waals surface area contributed by atoms with E-state index in [4.69, 9.17) is 4.74 Å². The maximum Gasteiger partial charge on any atom is 0.140 e. The Hall–Kier alpha value is -1.15. The maximum atomic E-state index is 12.6. The van der Waals surface area contributed by atoms with Crippen molar-refractivity contribution >= 4 is 5.78 Å². The number of hydrogen-bond acceptors (Lipinski definition) is 2. The van der Waals surface area contributed by atoms with Gasteiger partial charge in [-0.25, -0.2) is 0 Å². The van der Waals surface area contributed by atoms with E-state index in [1.165, 1.54) is 23.1 Å². The fraction of sp³-hybridized carbons (Fsp3) is 0.611. The fourth-order valence-corrected chi connectivity index (χ4v) is 3.74. The summed E-state index contributed by atoms with van der Waals surface area (Å²) in [5.74, 6) is 0.620. The van der Waals surface area contributed by atoms with Crippen molar-refractivity contribution in [2.75, 3.05) is 6.61 Å². The molecule has 0 aromatic heterocycles. The second-order valence-corrected chi connectivity index (χ2v) is 6.71. The highest BCUT2D eigenvalue weighted by molar-refractivity contribution is 5.83. The van der Waals surface area contributed by atoms with E-state index in [0.29, 0.717) is 12.2 Å². The summed E-state index contributed by atoms with van der Waals surface area (Å²) >= 11 is 0. The molecule has 1 aliphatic carbocycles. The molecule has 2 fully saturated rings. The largest absolute Gasteiger partial charge is 0.375 e. The molecule has 1 aliphatic heterocycles. The number of benzene rings is 1. The first kappa shape index (κ1) is 13.8. The van der Waals surface area contributed by atoms with Gasteiger partial charge < -0.3 is 4.74 Å². The normalized spacial score (nSPS) is 24.4. The van der Waals surface area contributed by atoms with Crippen LogP contribution in [-0.4, -0.2) is 18.0 Å². The van der Waals surface area contributed by atoms with E-state index in [-0.39, 0.29) is 11.5 Å². The van der Waals surface area contributed by atoms with Crippen LogP contribution in [0.2, 0.25) is 0 Å². The average Bonchev–Trinajstić information content (AvgIpc) is 2.36. The standard InChI is InChI=1S/C18H24O2/c1-13-8-14(2)10-15(9-13)11-17(19)16-4-7-20-18(12-16)5-3-6-18/h8-10,16H,3-7,11-12H2,1-2H3. The molecule has 2 aliphatic rings. The molecule has 3 rings (SSSR count). The molecule has 1 heterocycles. The SMILES string of the molecule is Cc1cc(C)cc(CC(=O)C2CCOC3(CCC3)C2)c1. The molecule has 0 amide bonds. The number of hydrogen-bond donors (Lipinski definition) is 0. The van der Waals surface area contributed by atoms with Crippen molar-refractivity contribution in [1.82, 2.24) is 0 Å². The number of carbonyl (C=O) groups excluding carboxylic acids is 1. The van der Waals surface area contributed by atoms with Crippen molar-refractivity contribution in [3.05, 3.63) is 34.9 Å². The lowest BCUT2D eigenvalue weighted by atomic mass is 9.70. The van der Waals surface area contributed by atoms with Crippen LogP contribution in [0.25, 0.3) is 0 Å². The van der Waals surface area contributed by atoms with E-state index in [2.05, 4.69) is 32.0 Å². The molecule has 1 unspecified atom stereocenters. The predicted molar refractivity (Wildman–Crippen MR) is 79.9 cm³/mol. The molecular formula is C18H24O2. The highest BCUT2D eigenvalue weighted by atomic mass is 16.5. The van der Waals surface area contributed by atoms with E-state index in [1.807, 2.05) is 0 Å². The van der Waals surface area contributed by atoms with Gasteiger partial charge in [-0.3, -0.25) is 4.79 Å². The van der Waals surface area contributed by atoms with E-state index in [1.54, 1.807) is 0 Å². The zero-order valence-electron chi connectivity index (χ0n) is 12.6. The third-order valence-corrected chi connectivity index (χ3v) is 4.87. The Morgan fingerprint density at radius 2 is 1.95 bits per heavy atom. The monoisotopic (exact) mass is 272 g/mol. The highest BCUT2D eigenvalue weighted by Gasteiger charge is 2.44. The number of Topliss-reactive ketones (excluding diaryl/α,β-unsaturated/α-hetero) is 1. The van der Waals surface area contributed by atoms with Crippen LogP contribution < -0.4 is 0 Å². The van der Waals surface area contributed by atoms with Crippen LogP contribution in [0.1, 0.15) is 48.8 Å². The van der Waals surface area contributed by atoms with Crippen LogP contribution in [-0.2, 0) is 16.0 Å². The molecule has 1 saturated carbocycles. The molecule has 0 bridgehead atoms. The number of ether oxygens (including phenoxy) is 1. The van der Waals surface area contributed by atoms with Gasteiger partial charge in [0.15, 0.2) is 0 Å². The Bertz CT molecular complexity index is 494. The summed E-state index contributed by atoms with van der Waals surface area (Å²) in [6.07, 6.45) is 6.02. The van der Waals surface area contributed by atoms with Gasteiger partial charge in [-0.1, -0.05) is 29.3 Å². The zero-order valence-corrected chi connectivity index (χ0v) is 12.6. The van der Waals surface area contributed by atoms with Crippen molar-refractivity contribution < 1.29 is 9.53 Å². The number of ketones is 1. The molecule has 1 saturated heterocycles. The van der Waals surface area contributed by atoms with E-state index in [9.17, 15) is 4.79 Å². The van der Waals surface area contributed by atoms with Gasteiger partial charge in [0.05, 0.1) is 5.60 Å². The topological polar surface area (TPSA) is 26.3 Å². The second-order valence-electron chi connectivity index (χ2n) is 6.71. The first-order chi connectivity index (χ1) is 9.56. The Morgan fingerprint density at radius 3 is 2.55 bits per heavy atom. The van der Waals surface area contributed by atoms with Gasteiger partial charge in [0.1, 0.15) is 5.78 Å². The Balaban J connectivity index is 1.66. The minimum atomic E-state index is 0.0705. The third-order valence-electron chi connectivity index (χ3n) is 4.87. The molecule has 1 aromatic carbocycles. The van der Waals surface area contributed by atoms with Crippen LogP contribution >= 0.6 is 0 Å². The minimum Gasteiger partial charge on any atom is -0.375 e. The van der Waals surface area contributed by atoms with E-state index < -0.39 is 0 Å². The quantitative estimate of drug-likeness (QED) is 0.837. The molecule has 1 atom stereocenters. The summed E-state index contributed by atoms with van der Waals surface area (Å²) in [7, 11) is 0. The molecule has 2 nitrogen and oxygen atoms in total. The highest BCUT2D eigenvalue weighted by Crippen LogP contribution is 2.44. The Morgan fingerprint density at radius 1 is 1.25 bits per heavy atom. The van der Waals surface area contributed by atoms with Crippen molar-refractivity contribution in [1.29, 1.82) is 0 Å². The Labute approximate surface area is 121 Å². The van der Waals surface area contributed by atoms with Gasteiger partial charge in [0, 0.05) is 18.9 Å². The minimum absolute atomic E-state index is 0.0705. The Kier molecular flexibility index (Phi) is 3.68. The number of rotatable bonds is 3. The fourth-order valence-electron chi connectivity index (χ4n) is 3.74. The smallest absolute Gasteiger partial charge is 0.140 e. The molecule has 2 heteroatoms. The predicted octanol–water partition coefficient (Wildman–Crippen LogP) is 3.76.